The van der Waals surface area contributed by atoms with E-state index in [0.717, 1.165) is 5.52 Å². The zero-order chi connectivity index (χ0) is 18.2. The van der Waals surface area contributed by atoms with Gasteiger partial charge in [0.25, 0.3) is 5.91 Å². The third-order valence-electron chi connectivity index (χ3n) is 4.30. The first kappa shape index (κ1) is 17.6. The first-order valence-electron chi connectivity index (χ1n) is 8.24. The lowest BCUT2D eigenvalue weighted by molar-refractivity contribution is -0.121. The molecule has 1 fully saturated rings. The minimum Gasteiger partial charge on any atom is -0.493 e. The summed E-state index contributed by atoms with van der Waals surface area (Å²) < 4.78 is 24.7. The van der Waals surface area contributed by atoms with Crippen molar-refractivity contribution in [2.45, 2.75) is 26.8 Å². The number of rotatable bonds is 4. The highest BCUT2D eigenvalue weighted by Gasteiger charge is 2.33. The van der Waals surface area contributed by atoms with E-state index in [1.807, 2.05) is 38.1 Å². The van der Waals surface area contributed by atoms with Gasteiger partial charge < -0.3 is 9.67 Å². The molecule has 1 atom stereocenters. The van der Waals surface area contributed by atoms with Gasteiger partial charge in [-0.15, -0.1) is 10.2 Å². The van der Waals surface area contributed by atoms with Gasteiger partial charge in [-0.05, 0) is 18.4 Å². The van der Waals surface area contributed by atoms with Crippen molar-refractivity contribution in [3.05, 3.63) is 24.3 Å². The lowest BCUT2D eigenvalue weighted by Gasteiger charge is -2.09. The predicted octanol–water partition coefficient (Wildman–Crippen LogP) is 3.05. The van der Waals surface area contributed by atoms with E-state index in [0.29, 0.717) is 17.8 Å². The van der Waals surface area contributed by atoms with Crippen LogP contribution in [0.15, 0.2) is 34.5 Å². The first-order valence-corrected chi connectivity index (χ1v) is 10.1. The largest absolute Gasteiger partial charge is 0.493 e. The molecule has 134 valence electrons. The summed E-state index contributed by atoms with van der Waals surface area (Å²) in [6.07, 6.45) is 0.279. The van der Waals surface area contributed by atoms with Crippen LogP contribution in [-0.2, 0) is 21.2 Å². The number of azo groups is 1. The van der Waals surface area contributed by atoms with E-state index in [9.17, 15) is 18.3 Å². The summed E-state index contributed by atoms with van der Waals surface area (Å²) in [6.45, 7) is 4.69. The molecule has 0 bridgehead atoms. The minimum absolute atomic E-state index is 0.0118. The molecule has 1 aromatic heterocycles. The van der Waals surface area contributed by atoms with E-state index < -0.39 is 21.7 Å². The topological polar surface area (TPSA) is 101 Å². The second kappa shape index (κ2) is 6.59. The van der Waals surface area contributed by atoms with Crippen LogP contribution in [0.2, 0.25) is 0 Å². The van der Waals surface area contributed by atoms with Crippen LogP contribution in [0.5, 0.6) is 5.88 Å². The highest BCUT2D eigenvalue weighted by atomic mass is 32.2. The van der Waals surface area contributed by atoms with Crippen LogP contribution in [0, 0.1) is 11.8 Å². The average Bonchev–Trinajstić information content (AvgIpc) is 3.04. The van der Waals surface area contributed by atoms with Gasteiger partial charge in [-0.25, -0.2) is 8.42 Å². The number of nitrogens with zero attached hydrogens (tertiary/aromatic N) is 3. The number of carbonyl (C=O) groups is 1. The maximum Gasteiger partial charge on any atom is 0.268 e. The number of hydrogen-bond donors (Lipinski definition) is 1. The molecule has 0 unspecified atom stereocenters. The lowest BCUT2D eigenvalue weighted by Crippen LogP contribution is -2.13. The van der Waals surface area contributed by atoms with Gasteiger partial charge >= 0.3 is 0 Å². The standard InChI is InChI=1S/C17H21N3O4S/c1-11(2)9-20-14-6-4-3-5-13(14)15(17(20)22)18-19-16(21)12-7-8-25(23,24)10-12/h3-6,11-12,22H,7-10H2,1-2H3/t12-/m0/s1. The van der Waals surface area contributed by atoms with Gasteiger partial charge in [0.05, 0.1) is 22.9 Å². The van der Waals surface area contributed by atoms with Gasteiger partial charge in [-0.1, -0.05) is 32.0 Å². The van der Waals surface area contributed by atoms with Crippen molar-refractivity contribution in [3.63, 3.8) is 0 Å². The maximum absolute atomic E-state index is 12.1. The number of carbonyl (C=O) groups excluding carboxylic acids is 1. The Labute approximate surface area is 146 Å². The number of benzene rings is 1. The molecule has 0 spiro atoms. The molecule has 2 heterocycles. The molecule has 3 rings (SSSR count). The predicted molar refractivity (Wildman–Crippen MR) is 94.7 cm³/mol. The molecule has 25 heavy (non-hydrogen) atoms. The van der Waals surface area contributed by atoms with Crippen molar-refractivity contribution in [1.29, 1.82) is 0 Å². The van der Waals surface area contributed by atoms with Gasteiger partial charge in [0.2, 0.25) is 5.88 Å². The summed E-state index contributed by atoms with van der Waals surface area (Å²) in [7, 11) is -3.15. The Morgan fingerprint density at radius 1 is 1.36 bits per heavy atom. The van der Waals surface area contributed by atoms with Crippen molar-refractivity contribution in [2.75, 3.05) is 11.5 Å². The monoisotopic (exact) mass is 363 g/mol. The summed E-state index contributed by atoms with van der Waals surface area (Å²) in [6, 6.07) is 7.38. The van der Waals surface area contributed by atoms with Crippen LogP contribution in [0.25, 0.3) is 10.9 Å². The normalized spacial score (nSPS) is 20.0. The van der Waals surface area contributed by atoms with Crippen LogP contribution in [-0.4, -0.2) is 35.5 Å². The molecule has 8 heteroatoms. The molecular weight excluding hydrogens is 342 g/mol. The second-order valence-corrected chi connectivity index (χ2v) is 9.06. The van der Waals surface area contributed by atoms with Crippen LogP contribution >= 0.6 is 0 Å². The first-order chi connectivity index (χ1) is 11.8. The summed E-state index contributed by atoms with van der Waals surface area (Å²) in [4.78, 5) is 12.1. The fourth-order valence-corrected chi connectivity index (χ4v) is 4.82. The summed E-state index contributed by atoms with van der Waals surface area (Å²) in [5.74, 6) is -1.08. The van der Waals surface area contributed by atoms with Crippen molar-refractivity contribution in [1.82, 2.24) is 4.57 Å². The van der Waals surface area contributed by atoms with Crippen molar-refractivity contribution in [2.24, 2.45) is 22.1 Å². The van der Waals surface area contributed by atoms with Crippen LogP contribution in [0.3, 0.4) is 0 Å². The number of aromatic nitrogens is 1. The minimum atomic E-state index is -3.15. The highest BCUT2D eigenvalue weighted by molar-refractivity contribution is 7.91. The van der Waals surface area contributed by atoms with E-state index in [4.69, 9.17) is 0 Å². The Morgan fingerprint density at radius 2 is 2.08 bits per heavy atom. The Kier molecular flexibility index (Phi) is 4.64. The third kappa shape index (κ3) is 3.58. The molecule has 1 aliphatic heterocycles. The molecule has 0 saturated carbocycles. The molecule has 0 aliphatic carbocycles. The molecular formula is C17H21N3O4S. The second-order valence-electron chi connectivity index (χ2n) is 6.83. The molecule has 1 aromatic carbocycles. The molecule has 1 amide bonds. The molecule has 1 N–H and O–H groups in total. The quantitative estimate of drug-likeness (QED) is 0.844. The van der Waals surface area contributed by atoms with Gasteiger partial charge in [-0.3, -0.25) is 4.79 Å². The zero-order valence-electron chi connectivity index (χ0n) is 14.2. The highest BCUT2D eigenvalue weighted by Crippen LogP contribution is 2.39. The average molecular weight is 363 g/mol. The molecule has 2 aromatic rings. The fourth-order valence-electron chi connectivity index (χ4n) is 3.09. The van der Waals surface area contributed by atoms with E-state index >= 15 is 0 Å². The van der Waals surface area contributed by atoms with Crippen LogP contribution < -0.4 is 0 Å². The number of amides is 1. The molecule has 1 aliphatic rings. The number of aromatic hydroxyl groups is 1. The number of fused-ring (bicyclic) bond motifs is 1. The lowest BCUT2D eigenvalue weighted by atomic mass is 10.1. The van der Waals surface area contributed by atoms with Gasteiger partial charge in [-0.2, -0.15) is 0 Å². The van der Waals surface area contributed by atoms with Gasteiger partial charge in [0.1, 0.15) is 0 Å². The van der Waals surface area contributed by atoms with Crippen molar-refractivity contribution >= 4 is 32.3 Å². The number of para-hydroxylation sites is 1. The van der Waals surface area contributed by atoms with E-state index in [1.54, 1.807) is 4.57 Å². The van der Waals surface area contributed by atoms with Gasteiger partial charge in [0, 0.05) is 11.9 Å². The smallest absolute Gasteiger partial charge is 0.268 e. The van der Waals surface area contributed by atoms with Gasteiger partial charge in [0.15, 0.2) is 15.5 Å². The number of hydrogen-bond acceptors (Lipinski definition) is 5. The van der Waals surface area contributed by atoms with E-state index in [1.165, 1.54) is 0 Å². The van der Waals surface area contributed by atoms with E-state index in [-0.39, 0.29) is 29.5 Å². The summed E-state index contributed by atoms with van der Waals surface area (Å²) in [5, 5.41) is 18.9. The maximum atomic E-state index is 12.1. The van der Waals surface area contributed by atoms with Crippen LogP contribution in [0.4, 0.5) is 5.69 Å². The van der Waals surface area contributed by atoms with Crippen molar-refractivity contribution < 1.29 is 18.3 Å². The molecule has 0 radical (unpaired) electrons. The fraction of sp³-hybridized carbons (Fsp3) is 0.471. The Bertz CT molecular complexity index is 944. The summed E-state index contributed by atoms with van der Waals surface area (Å²) in [5.41, 5.74) is 1.06. The van der Waals surface area contributed by atoms with Crippen molar-refractivity contribution in [3.8, 4) is 5.88 Å². The summed E-state index contributed by atoms with van der Waals surface area (Å²) >= 11 is 0. The zero-order valence-corrected chi connectivity index (χ0v) is 15.0. The number of sulfone groups is 1. The SMILES string of the molecule is CC(C)Cn1c(O)c(N=NC(=O)[C@H]2CCS(=O)(=O)C2)c2ccccc21. The third-order valence-corrected chi connectivity index (χ3v) is 6.06. The Morgan fingerprint density at radius 3 is 2.72 bits per heavy atom. The molecule has 7 nitrogen and oxygen atoms in total. The van der Waals surface area contributed by atoms with E-state index in [2.05, 4.69) is 10.2 Å². The Hall–Kier alpha value is -2.22. The molecule has 1 saturated heterocycles. The van der Waals surface area contributed by atoms with Crippen LogP contribution in [0.1, 0.15) is 20.3 Å². The Balaban J connectivity index is 1.93.